The first-order valence-electron chi connectivity index (χ1n) is 7.24. The molecule has 1 N–H and O–H groups in total. The number of nitrogens with zero attached hydrogens (tertiary/aromatic N) is 1. The highest BCUT2D eigenvalue weighted by Crippen LogP contribution is 2.12. The van der Waals surface area contributed by atoms with E-state index in [-0.39, 0.29) is 18.4 Å². The molecule has 19 heavy (non-hydrogen) atoms. The summed E-state index contributed by atoms with van der Waals surface area (Å²) in [7, 11) is 0. The third-order valence-electron chi connectivity index (χ3n) is 3.39. The summed E-state index contributed by atoms with van der Waals surface area (Å²) in [6, 6.07) is 0. The molecule has 0 saturated carbocycles. The molecule has 1 unspecified atom stereocenters. The fraction of sp³-hybridized carbons (Fsp3) is 0.857. The van der Waals surface area contributed by atoms with Gasteiger partial charge in [0.25, 0.3) is 0 Å². The summed E-state index contributed by atoms with van der Waals surface area (Å²) in [6.45, 7) is 3.62. The van der Waals surface area contributed by atoms with Gasteiger partial charge < -0.3 is 14.7 Å². The Morgan fingerprint density at radius 2 is 2.00 bits per heavy atom. The van der Waals surface area contributed by atoms with Gasteiger partial charge in [-0.2, -0.15) is 0 Å². The minimum atomic E-state index is -0.876. The number of unbranched alkanes of at least 4 members (excludes halogenated alkanes) is 4. The van der Waals surface area contributed by atoms with Gasteiger partial charge in [0.2, 0.25) is 5.91 Å². The van der Waals surface area contributed by atoms with Gasteiger partial charge in [0.05, 0.1) is 19.1 Å². The van der Waals surface area contributed by atoms with Gasteiger partial charge >= 0.3 is 5.97 Å². The normalized spacial score (nSPS) is 19.4. The van der Waals surface area contributed by atoms with E-state index in [4.69, 9.17) is 9.84 Å². The van der Waals surface area contributed by atoms with Gasteiger partial charge in [0.15, 0.2) is 0 Å². The van der Waals surface area contributed by atoms with Crippen LogP contribution in [0.4, 0.5) is 0 Å². The lowest BCUT2D eigenvalue weighted by molar-refractivity contribution is -0.147. The number of aliphatic carboxylic acids is 1. The third-order valence-corrected chi connectivity index (χ3v) is 3.39. The summed E-state index contributed by atoms with van der Waals surface area (Å²) in [4.78, 5) is 24.4. The van der Waals surface area contributed by atoms with E-state index >= 15 is 0 Å². The van der Waals surface area contributed by atoms with Gasteiger partial charge in [0, 0.05) is 19.5 Å². The van der Waals surface area contributed by atoms with E-state index in [1.807, 2.05) is 0 Å². The van der Waals surface area contributed by atoms with Crippen LogP contribution in [0.1, 0.15) is 51.9 Å². The predicted octanol–water partition coefficient (Wildman–Crippen LogP) is 2.05. The lowest BCUT2D eigenvalue weighted by atomic mass is 10.1. The van der Waals surface area contributed by atoms with E-state index in [1.54, 1.807) is 4.90 Å². The van der Waals surface area contributed by atoms with Crippen molar-refractivity contribution in [3.8, 4) is 0 Å². The smallest absolute Gasteiger partial charge is 0.306 e. The van der Waals surface area contributed by atoms with Gasteiger partial charge in [0.1, 0.15) is 0 Å². The second kappa shape index (κ2) is 8.91. The number of hydrogen-bond acceptors (Lipinski definition) is 3. The van der Waals surface area contributed by atoms with Crippen molar-refractivity contribution in [1.82, 2.24) is 4.90 Å². The maximum absolute atomic E-state index is 12.0. The van der Waals surface area contributed by atoms with E-state index in [9.17, 15) is 9.59 Å². The Balaban J connectivity index is 2.22. The van der Waals surface area contributed by atoms with Crippen LogP contribution in [0.15, 0.2) is 0 Å². The standard InChI is InChI=1S/C14H25NO4/c1-2-3-4-5-6-7-13(16)15-8-9-19-12(11-15)10-14(17)18/h12H,2-11H2,1H3,(H,17,18). The molecule has 0 bridgehead atoms. The van der Waals surface area contributed by atoms with Crippen LogP contribution in [-0.4, -0.2) is 47.7 Å². The van der Waals surface area contributed by atoms with Crippen molar-refractivity contribution < 1.29 is 19.4 Å². The van der Waals surface area contributed by atoms with E-state index < -0.39 is 5.97 Å². The van der Waals surface area contributed by atoms with Crippen molar-refractivity contribution in [2.75, 3.05) is 19.7 Å². The topological polar surface area (TPSA) is 66.8 Å². The number of rotatable bonds is 8. The summed E-state index contributed by atoms with van der Waals surface area (Å²) >= 11 is 0. The molecule has 1 atom stereocenters. The maximum Gasteiger partial charge on any atom is 0.306 e. The lowest BCUT2D eigenvalue weighted by Gasteiger charge is -2.32. The van der Waals surface area contributed by atoms with Gasteiger partial charge in [-0.05, 0) is 6.42 Å². The number of carboxylic acid groups (broad SMARTS) is 1. The highest BCUT2D eigenvalue weighted by molar-refractivity contribution is 5.76. The minimum absolute atomic E-state index is 0.0275. The molecule has 1 aliphatic heterocycles. The average Bonchev–Trinajstić information content (AvgIpc) is 2.38. The van der Waals surface area contributed by atoms with Crippen molar-refractivity contribution in [1.29, 1.82) is 0 Å². The van der Waals surface area contributed by atoms with Crippen LogP contribution in [-0.2, 0) is 14.3 Å². The van der Waals surface area contributed by atoms with Crippen LogP contribution < -0.4 is 0 Å². The van der Waals surface area contributed by atoms with Gasteiger partial charge in [-0.1, -0.05) is 32.6 Å². The summed E-state index contributed by atoms with van der Waals surface area (Å²) in [6.07, 6.45) is 5.84. The molecule has 5 heteroatoms. The molecule has 0 aliphatic carbocycles. The van der Waals surface area contributed by atoms with Crippen molar-refractivity contribution >= 4 is 11.9 Å². The van der Waals surface area contributed by atoms with Crippen molar-refractivity contribution in [3.63, 3.8) is 0 Å². The molecule has 5 nitrogen and oxygen atoms in total. The molecule has 0 aromatic heterocycles. The Morgan fingerprint density at radius 1 is 1.26 bits per heavy atom. The van der Waals surface area contributed by atoms with Crippen molar-refractivity contribution in [2.45, 2.75) is 58.0 Å². The molecule has 0 spiro atoms. The molecule has 1 rings (SSSR count). The van der Waals surface area contributed by atoms with Gasteiger partial charge in [-0.25, -0.2) is 0 Å². The number of hydrogen-bond donors (Lipinski definition) is 1. The summed E-state index contributed by atoms with van der Waals surface area (Å²) in [5.41, 5.74) is 0. The van der Waals surface area contributed by atoms with Crippen LogP contribution >= 0.6 is 0 Å². The lowest BCUT2D eigenvalue weighted by Crippen LogP contribution is -2.46. The van der Waals surface area contributed by atoms with Crippen LogP contribution in [0.3, 0.4) is 0 Å². The molecular weight excluding hydrogens is 246 g/mol. The Bertz CT molecular complexity index is 293. The van der Waals surface area contributed by atoms with Crippen molar-refractivity contribution in [2.24, 2.45) is 0 Å². The van der Waals surface area contributed by atoms with E-state index in [0.29, 0.717) is 26.1 Å². The minimum Gasteiger partial charge on any atom is -0.481 e. The fourth-order valence-electron chi connectivity index (χ4n) is 2.30. The first kappa shape index (κ1) is 16.0. The molecular formula is C14H25NO4. The molecule has 1 aliphatic rings. The summed E-state index contributed by atoms with van der Waals surface area (Å²) in [5, 5.41) is 8.73. The Labute approximate surface area is 114 Å². The van der Waals surface area contributed by atoms with Crippen LogP contribution in [0.5, 0.6) is 0 Å². The van der Waals surface area contributed by atoms with Crippen LogP contribution in [0.25, 0.3) is 0 Å². The first-order chi connectivity index (χ1) is 9.13. The summed E-state index contributed by atoms with van der Waals surface area (Å²) < 4.78 is 5.35. The van der Waals surface area contributed by atoms with Crippen LogP contribution in [0, 0.1) is 0 Å². The van der Waals surface area contributed by atoms with E-state index in [1.165, 1.54) is 19.3 Å². The monoisotopic (exact) mass is 271 g/mol. The zero-order chi connectivity index (χ0) is 14.1. The quantitative estimate of drug-likeness (QED) is 0.686. The fourth-order valence-corrected chi connectivity index (χ4v) is 2.30. The average molecular weight is 271 g/mol. The number of carbonyl (C=O) groups is 2. The zero-order valence-corrected chi connectivity index (χ0v) is 11.8. The number of carboxylic acids is 1. The number of amides is 1. The predicted molar refractivity (Wildman–Crippen MR) is 71.9 cm³/mol. The zero-order valence-electron chi connectivity index (χ0n) is 11.8. The molecule has 1 heterocycles. The SMILES string of the molecule is CCCCCCCC(=O)N1CCOC(CC(=O)O)C1. The highest BCUT2D eigenvalue weighted by Gasteiger charge is 2.25. The van der Waals surface area contributed by atoms with Crippen molar-refractivity contribution in [3.05, 3.63) is 0 Å². The summed E-state index contributed by atoms with van der Waals surface area (Å²) in [5.74, 6) is -0.742. The second-order valence-corrected chi connectivity index (χ2v) is 5.09. The molecule has 1 amide bonds. The Morgan fingerprint density at radius 3 is 2.68 bits per heavy atom. The van der Waals surface area contributed by atoms with E-state index in [0.717, 1.165) is 12.8 Å². The second-order valence-electron chi connectivity index (χ2n) is 5.09. The molecule has 0 radical (unpaired) electrons. The molecule has 1 saturated heterocycles. The molecule has 0 aromatic rings. The Hall–Kier alpha value is -1.10. The van der Waals surface area contributed by atoms with Gasteiger partial charge in [-0.3, -0.25) is 9.59 Å². The number of carbonyl (C=O) groups excluding carboxylic acids is 1. The molecule has 1 fully saturated rings. The number of morpholine rings is 1. The largest absolute Gasteiger partial charge is 0.481 e. The number of ether oxygens (including phenoxy) is 1. The molecule has 110 valence electrons. The van der Waals surface area contributed by atoms with Gasteiger partial charge in [-0.15, -0.1) is 0 Å². The maximum atomic E-state index is 12.0. The molecule has 0 aromatic carbocycles. The first-order valence-corrected chi connectivity index (χ1v) is 7.24. The third kappa shape index (κ3) is 6.57. The Kier molecular flexibility index (Phi) is 7.48. The van der Waals surface area contributed by atoms with E-state index in [2.05, 4.69) is 6.92 Å². The highest BCUT2D eigenvalue weighted by atomic mass is 16.5. The van der Waals surface area contributed by atoms with Crippen LogP contribution in [0.2, 0.25) is 0 Å².